The molecule has 1 aromatic carbocycles. The second-order valence-corrected chi connectivity index (χ2v) is 6.25. The standard InChI is InChI=1S/C16H16ClNO2S/c1-2-15(19)18-8-13-6-12-5-11(10-3-4-21-9-10)7-14(17)16(12)20-13/h3-5,7,9,13H,2,6,8H2,1H3,(H,18,19)/t13-/m1/s1. The van der Waals surface area contributed by atoms with E-state index in [4.69, 9.17) is 16.3 Å². The molecule has 1 amide bonds. The van der Waals surface area contributed by atoms with Crippen molar-refractivity contribution in [2.24, 2.45) is 0 Å². The minimum absolute atomic E-state index is 0.0364. The van der Waals surface area contributed by atoms with E-state index < -0.39 is 0 Å². The SMILES string of the molecule is CCC(=O)NC[C@H]1Cc2cc(-c3ccsc3)cc(Cl)c2O1. The molecule has 1 atom stereocenters. The lowest BCUT2D eigenvalue weighted by Crippen LogP contribution is -2.33. The van der Waals surface area contributed by atoms with E-state index in [0.29, 0.717) is 18.0 Å². The third kappa shape index (κ3) is 3.06. The average molecular weight is 322 g/mol. The molecule has 0 aliphatic carbocycles. The van der Waals surface area contributed by atoms with Crippen LogP contribution in [-0.4, -0.2) is 18.6 Å². The Labute approximate surface area is 132 Å². The van der Waals surface area contributed by atoms with Crippen LogP contribution >= 0.6 is 22.9 Å². The lowest BCUT2D eigenvalue weighted by Gasteiger charge is -2.11. The predicted molar refractivity (Wildman–Crippen MR) is 86.2 cm³/mol. The highest BCUT2D eigenvalue weighted by Crippen LogP contribution is 2.39. The molecule has 1 aliphatic heterocycles. The van der Waals surface area contributed by atoms with Crippen molar-refractivity contribution < 1.29 is 9.53 Å². The third-order valence-electron chi connectivity index (χ3n) is 3.56. The van der Waals surface area contributed by atoms with Crippen LogP contribution in [-0.2, 0) is 11.2 Å². The summed E-state index contributed by atoms with van der Waals surface area (Å²) < 4.78 is 5.86. The second kappa shape index (κ2) is 6.08. The van der Waals surface area contributed by atoms with Gasteiger partial charge in [-0.2, -0.15) is 11.3 Å². The van der Waals surface area contributed by atoms with Crippen LogP contribution in [0.1, 0.15) is 18.9 Å². The number of hydrogen-bond donors (Lipinski definition) is 1. The first kappa shape index (κ1) is 14.4. The van der Waals surface area contributed by atoms with E-state index in [9.17, 15) is 4.79 Å². The summed E-state index contributed by atoms with van der Waals surface area (Å²) in [7, 11) is 0. The number of carbonyl (C=O) groups excluding carboxylic acids is 1. The Morgan fingerprint density at radius 3 is 3.05 bits per heavy atom. The second-order valence-electron chi connectivity index (χ2n) is 5.06. The topological polar surface area (TPSA) is 38.3 Å². The van der Waals surface area contributed by atoms with Gasteiger partial charge in [-0.25, -0.2) is 0 Å². The lowest BCUT2D eigenvalue weighted by molar-refractivity contribution is -0.121. The van der Waals surface area contributed by atoms with E-state index in [1.54, 1.807) is 11.3 Å². The van der Waals surface area contributed by atoms with E-state index >= 15 is 0 Å². The molecule has 2 heterocycles. The summed E-state index contributed by atoms with van der Waals surface area (Å²) >= 11 is 8.00. The van der Waals surface area contributed by atoms with Gasteiger partial charge in [-0.05, 0) is 40.1 Å². The van der Waals surface area contributed by atoms with E-state index in [-0.39, 0.29) is 12.0 Å². The summed E-state index contributed by atoms with van der Waals surface area (Å²) in [6, 6.07) is 6.15. The summed E-state index contributed by atoms with van der Waals surface area (Å²) in [6.45, 7) is 2.36. The maximum atomic E-state index is 11.3. The maximum Gasteiger partial charge on any atom is 0.219 e. The molecule has 1 aliphatic rings. The zero-order valence-electron chi connectivity index (χ0n) is 11.7. The van der Waals surface area contributed by atoms with Crippen LogP contribution in [0.3, 0.4) is 0 Å². The summed E-state index contributed by atoms with van der Waals surface area (Å²) in [4.78, 5) is 11.3. The first-order valence-electron chi connectivity index (χ1n) is 6.95. The van der Waals surface area contributed by atoms with Gasteiger partial charge in [0.25, 0.3) is 0 Å². The Morgan fingerprint density at radius 1 is 1.48 bits per heavy atom. The number of benzene rings is 1. The van der Waals surface area contributed by atoms with Gasteiger partial charge in [0.15, 0.2) is 0 Å². The number of rotatable bonds is 4. The zero-order valence-corrected chi connectivity index (χ0v) is 13.3. The van der Waals surface area contributed by atoms with E-state index in [1.165, 1.54) is 5.56 Å². The molecule has 1 N–H and O–H groups in total. The highest BCUT2D eigenvalue weighted by atomic mass is 35.5. The van der Waals surface area contributed by atoms with Gasteiger partial charge in [-0.1, -0.05) is 18.5 Å². The predicted octanol–water partition coefficient (Wildman–Crippen LogP) is 3.90. The molecule has 0 radical (unpaired) electrons. The van der Waals surface area contributed by atoms with E-state index in [2.05, 4.69) is 28.2 Å². The van der Waals surface area contributed by atoms with E-state index in [1.807, 2.05) is 13.0 Å². The molecule has 0 fully saturated rings. The van der Waals surface area contributed by atoms with Crippen LogP contribution < -0.4 is 10.1 Å². The number of carbonyl (C=O) groups is 1. The average Bonchev–Trinajstić information content (AvgIpc) is 3.13. The van der Waals surface area contributed by atoms with Crippen molar-refractivity contribution in [3.63, 3.8) is 0 Å². The Bertz CT molecular complexity index is 655. The fourth-order valence-electron chi connectivity index (χ4n) is 2.45. The molecule has 110 valence electrons. The number of hydrogen-bond acceptors (Lipinski definition) is 3. The number of thiophene rings is 1. The van der Waals surface area contributed by atoms with Crippen molar-refractivity contribution in [2.75, 3.05) is 6.54 Å². The minimum Gasteiger partial charge on any atom is -0.486 e. The molecule has 0 saturated carbocycles. The van der Waals surface area contributed by atoms with Crippen molar-refractivity contribution in [1.82, 2.24) is 5.32 Å². The molecular weight excluding hydrogens is 306 g/mol. The number of ether oxygens (including phenoxy) is 1. The monoisotopic (exact) mass is 321 g/mol. The molecule has 21 heavy (non-hydrogen) atoms. The molecule has 3 rings (SSSR count). The summed E-state index contributed by atoms with van der Waals surface area (Å²) in [5.74, 6) is 0.797. The molecule has 0 spiro atoms. The van der Waals surface area contributed by atoms with Crippen molar-refractivity contribution in [3.05, 3.63) is 39.5 Å². The Morgan fingerprint density at radius 2 is 2.33 bits per heavy atom. The molecule has 1 aromatic heterocycles. The molecule has 0 bridgehead atoms. The molecular formula is C16H16ClNO2S. The highest BCUT2D eigenvalue weighted by Gasteiger charge is 2.26. The van der Waals surface area contributed by atoms with Crippen LogP contribution in [0.25, 0.3) is 11.1 Å². The summed E-state index contributed by atoms with van der Waals surface area (Å²) in [5.41, 5.74) is 3.40. The van der Waals surface area contributed by atoms with Crippen molar-refractivity contribution >= 4 is 28.8 Å². The van der Waals surface area contributed by atoms with Crippen molar-refractivity contribution in [1.29, 1.82) is 0 Å². The lowest BCUT2D eigenvalue weighted by atomic mass is 10.0. The Hall–Kier alpha value is -1.52. The minimum atomic E-state index is -0.0364. The van der Waals surface area contributed by atoms with E-state index in [0.717, 1.165) is 23.3 Å². The van der Waals surface area contributed by atoms with Gasteiger partial charge >= 0.3 is 0 Å². The van der Waals surface area contributed by atoms with Gasteiger partial charge in [0.2, 0.25) is 5.91 Å². The first-order chi connectivity index (χ1) is 10.2. The molecule has 2 aromatic rings. The number of halogens is 1. The number of amides is 1. The van der Waals surface area contributed by atoms with Gasteiger partial charge in [-0.3, -0.25) is 4.79 Å². The zero-order chi connectivity index (χ0) is 14.8. The van der Waals surface area contributed by atoms with Gasteiger partial charge in [-0.15, -0.1) is 0 Å². The van der Waals surface area contributed by atoms with Crippen molar-refractivity contribution in [3.8, 4) is 16.9 Å². The quantitative estimate of drug-likeness (QED) is 0.927. The fraction of sp³-hybridized carbons (Fsp3) is 0.312. The number of fused-ring (bicyclic) bond motifs is 1. The molecule has 3 nitrogen and oxygen atoms in total. The van der Waals surface area contributed by atoms with Crippen molar-refractivity contribution in [2.45, 2.75) is 25.9 Å². The van der Waals surface area contributed by atoms with Crippen LogP contribution in [0.15, 0.2) is 29.0 Å². The Balaban J connectivity index is 1.77. The smallest absolute Gasteiger partial charge is 0.219 e. The van der Waals surface area contributed by atoms with Gasteiger partial charge < -0.3 is 10.1 Å². The normalized spacial score (nSPS) is 16.4. The molecule has 0 saturated heterocycles. The Kier molecular flexibility index (Phi) is 4.17. The fourth-order valence-corrected chi connectivity index (χ4v) is 3.40. The van der Waals surface area contributed by atoms with Crippen LogP contribution in [0.2, 0.25) is 5.02 Å². The third-order valence-corrected chi connectivity index (χ3v) is 4.52. The first-order valence-corrected chi connectivity index (χ1v) is 8.27. The molecule has 0 unspecified atom stereocenters. The summed E-state index contributed by atoms with van der Waals surface area (Å²) in [6.07, 6.45) is 1.23. The van der Waals surface area contributed by atoms with Crippen LogP contribution in [0, 0.1) is 0 Å². The molecule has 5 heteroatoms. The maximum absolute atomic E-state index is 11.3. The van der Waals surface area contributed by atoms with Gasteiger partial charge in [0.05, 0.1) is 11.6 Å². The summed E-state index contributed by atoms with van der Waals surface area (Å²) in [5, 5.41) is 7.66. The van der Waals surface area contributed by atoms with Crippen LogP contribution in [0.5, 0.6) is 5.75 Å². The van der Waals surface area contributed by atoms with Gasteiger partial charge in [0.1, 0.15) is 11.9 Å². The largest absolute Gasteiger partial charge is 0.486 e. The van der Waals surface area contributed by atoms with Gasteiger partial charge in [0, 0.05) is 18.4 Å². The van der Waals surface area contributed by atoms with Crippen LogP contribution in [0.4, 0.5) is 0 Å². The highest BCUT2D eigenvalue weighted by molar-refractivity contribution is 7.08. The number of nitrogens with one attached hydrogen (secondary N) is 1.